The van der Waals surface area contributed by atoms with Crippen molar-refractivity contribution in [2.75, 3.05) is 6.54 Å². The Morgan fingerprint density at radius 3 is 2.60 bits per heavy atom. The van der Waals surface area contributed by atoms with Gasteiger partial charge in [-0.15, -0.1) is 0 Å². The first kappa shape index (κ1) is 18.9. The number of nitrogens with one attached hydrogen (secondary N) is 1. The molecule has 2 amide bonds. The molecule has 9 heteroatoms. The number of carbonyl (C=O) groups excluding carboxylic acids is 2. The highest BCUT2D eigenvalue weighted by molar-refractivity contribution is 8.26. The third-order valence-corrected chi connectivity index (χ3v) is 4.75. The maximum Gasteiger partial charge on any atom is 0.305 e. The molecule has 132 valence electrons. The molecule has 1 saturated heterocycles. The van der Waals surface area contributed by atoms with Crippen LogP contribution in [0.15, 0.2) is 29.2 Å². The normalized spacial score (nSPS) is 17.0. The van der Waals surface area contributed by atoms with Gasteiger partial charge in [0.05, 0.1) is 11.3 Å². The van der Waals surface area contributed by atoms with E-state index >= 15 is 0 Å². The minimum Gasteiger partial charge on any atom is -0.508 e. The average Bonchev–Trinajstić information content (AvgIpc) is 2.82. The number of thiocarbonyl (C=S) groups is 1. The molecule has 0 bridgehead atoms. The summed E-state index contributed by atoms with van der Waals surface area (Å²) in [6.07, 6.45) is 1.44. The van der Waals surface area contributed by atoms with E-state index < -0.39 is 17.9 Å². The predicted molar refractivity (Wildman–Crippen MR) is 97.8 cm³/mol. The van der Waals surface area contributed by atoms with Crippen LogP contribution in [0.4, 0.5) is 0 Å². The number of hydrogen-bond donors (Lipinski definition) is 3. The fraction of sp³-hybridized carbons (Fsp3) is 0.250. The van der Waals surface area contributed by atoms with Gasteiger partial charge in [0.2, 0.25) is 5.91 Å². The summed E-state index contributed by atoms with van der Waals surface area (Å²) in [5.74, 6) is -1.75. The van der Waals surface area contributed by atoms with Crippen molar-refractivity contribution in [1.82, 2.24) is 10.2 Å². The molecule has 1 unspecified atom stereocenters. The Balaban J connectivity index is 2.08. The van der Waals surface area contributed by atoms with E-state index in [9.17, 15) is 19.5 Å². The van der Waals surface area contributed by atoms with E-state index in [0.29, 0.717) is 4.91 Å². The number of aromatic hydroxyl groups is 1. The van der Waals surface area contributed by atoms with Crippen molar-refractivity contribution in [3.8, 4) is 5.75 Å². The fourth-order valence-electron chi connectivity index (χ4n) is 2.09. The molecule has 7 nitrogen and oxygen atoms in total. The molecule has 1 heterocycles. The van der Waals surface area contributed by atoms with Crippen LogP contribution < -0.4 is 5.32 Å². The van der Waals surface area contributed by atoms with Gasteiger partial charge in [-0.25, -0.2) is 0 Å². The Kier molecular flexibility index (Phi) is 6.16. The zero-order chi connectivity index (χ0) is 18.6. The second-order valence-corrected chi connectivity index (χ2v) is 6.93. The maximum absolute atomic E-state index is 12.5. The minimum absolute atomic E-state index is 0.0172. The number of carbonyl (C=O) groups is 3. The van der Waals surface area contributed by atoms with Crippen molar-refractivity contribution >= 4 is 52.2 Å². The molecular formula is C16H16N2O5S2. The molecule has 3 N–H and O–H groups in total. The van der Waals surface area contributed by atoms with Gasteiger partial charge in [-0.3, -0.25) is 19.3 Å². The first-order valence-electron chi connectivity index (χ1n) is 7.35. The smallest absolute Gasteiger partial charge is 0.305 e. The van der Waals surface area contributed by atoms with Crippen LogP contribution in [0.3, 0.4) is 0 Å². The van der Waals surface area contributed by atoms with Crippen molar-refractivity contribution < 1.29 is 24.6 Å². The van der Waals surface area contributed by atoms with Crippen molar-refractivity contribution in [1.29, 1.82) is 0 Å². The molecule has 0 aromatic heterocycles. The van der Waals surface area contributed by atoms with Crippen LogP contribution in [-0.2, 0) is 14.4 Å². The minimum atomic E-state index is -1.02. The summed E-state index contributed by atoms with van der Waals surface area (Å²) in [4.78, 5) is 36.7. The third kappa shape index (κ3) is 4.80. The molecule has 1 fully saturated rings. The second-order valence-electron chi connectivity index (χ2n) is 5.25. The SMILES string of the molecule is CC(C(=O)NCCC(=O)O)N1C(=O)/C(=C/c2ccc(O)cc2)SC1=S. The molecule has 2 rings (SSSR count). The van der Waals surface area contributed by atoms with E-state index in [2.05, 4.69) is 5.32 Å². The zero-order valence-electron chi connectivity index (χ0n) is 13.3. The van der Waals surface area contributed by atoms with E-state index in [1.807, 2.05) is 0 Å². The second kappa shape index (κ2) is 8.13. The van der Waals surface area contributed by atoms with Gasteiger partial charge in [0.25, 0.3) is 5.91 Å². The summed E-state index contributed by atoms with van der Waals surface area (Å²) >= 11 is 6.28. The standard InChI is InChI=1S/C16H16N2O5S2/c1-9(14(22)17-7-6-13(20)21)18-15(23)12(25-16(18)24)8-10-2-4-11(19)5-3-10/h2-5,8-9,19H,6-7H2,1H3,(H,17,22)(H,20,21)/b12-8-. The Morgan fingerprint density at radius 1 is 1.36 bits per heavy atom. The highest BCUT2D eigenvalue weighted by Crippen LogP contribution is 2.34. The molecule has 1 aromatic rings. The summed E-state index contributed by atoms with van der Waals surface area (Å²) in [5.41, 5.74) is 0.719. The van der Waals surface area contributed by atoms with Crippen LogP contribution in [0, 0.1) is 0 Å². The zero-order valence-corrected chi connectivity index (χ0v) is 14.9. The molecule has 1 atom stereocenters. The van der Waals surface area contributed by atoms with Gasteiger partial charge in [0, 0.05) is 6.54 Å². The number of carboxylic acids is 1. The lowest BCUT2D eigenvalue weighted by Gasteiger charge is -2.22. The number of hydrogen-bond acceptors (Lipinski definition) is 6. The maximum atomic E-state index is 12.5. The van der Waals surface area contributed by atoms with Crippen LogP contribution in [0.2, 0.25) is 0 Å². The van der Waals surface area contributed by atoms with Crippen molar-refractivity contribution in [2.45, 2.75) is 19.4 Å². The highest BCUT2D eigenvalue weighted by atomic mass is 32.2. The number of rotatable bonds is 6. The van der Waals surface area contributed by atoms with Gasteiger partial charge in [-0.1, -0.05) is 36.1 Å². The lowest BCUT2D eigenvalue weighted by atomic mass is 10.2. The number of amides is 2. The Labute approximate surface area is 153 Å². The summed E-state index contributed by atoms with van der Waals surface area (Å²) in [5, 5.41) is 20.4. The van der Waals surface area contributed by atoms with E-state index in [1.165, 1.54) is 24.0 Å². The number of phenolic OH excluding ortho intramolecular Hbond substituents is 1. The number of benzene rings is 1. The summed E-state index contributed by atoms with van der Waals surface area (Å²) in [7, 11) is 0. The van der Waals surface area contributed by atoms with Crippen LogP contribution in [0.5, 0.6) is 5.75 Å². The van der Waals surface area contributed by atoms with Crippen LogP contribution >= 0.6 is 24.0 Å². The number of nitrogens with zero attached hydrogens (tertiary/aromatic N) is 1. The predicted octanol–water partition coefficient (Wildman–Crippen LogP) is 1.57. The van der Waals surface area contributed by atoms with E-state index in [-0.39, 0.29) is 28.9 Å². The van der Waals surface area contributed by atoms with E-state index in [4.69, 9.17) is 17.3 Å². The average molecular weight is 380 g/mol. The topological polar surface area (TPSA) is 107 Å². The van der Waals surface area contributed by atoms with Gasteiger partial charge >= 0.3 is 5.97 Å². The Bertz CT molecular complexity index is 745. The lowest BCUT2D eigenvalue weighted by molar-refractivity contribution is -0.137. The fourth-order valence-corrected chi connectivity index (χ4v) is 3.51. The van der Waals surface area contributed by atoms with Gasteiger partial charge < -0.3 is 15.5 Å². The molecule has 0 spiro atoms. The monoisotopic (exact) mass is 380 g/mol. The van der Waals surface area contributed by atoms with Gasteiger partial charge in [0.15, 0.2) is 0 Å². The van der Waals surface area contributed by atoms with Gasteiger partial charge in [-0.05, 0) is 30.7 Å². The first-order chi connectivity index (χ1) is 11.8. The van der Waals surface area contributed by atoms with Crippen molar-refractivity contribution in [3.63, 3.8) is 0 Å². The first-order valence-corrected chi connectivity index (χ1v) is 8.57. The van der Waals surface area contributed by atoms with Gasteiger partial charge in [0.1, 0.15) is 16.1 Å². The summed E-state index contributed by atoms with van der Waals surface area (Å²) in [6, 6.07) is 5.48. The van der Waals surface area contributed by atoms with Crippen LogP contribution in [-0.4, -0.2) is 49.8 Å². The molecule has 1 aromatic carbocycles. The van der Waals surface area contributed by atoms with Crippen LogP contribution in [0.1, 0.15) is 18.9 Å². The Morgan fingerprint density at radius 2 is 2.00 bits per heavy atom. The number of phenols is 1. The molecule has 0 aliphatic carbocycles. The largest absolute Gasteiger partial charge is 0.508 e. The molecule has 25 heavy (non-hydrogen) atoms. The van der Waals surface area contributed by atoms with Gasteiger partial charge in [-0.2, -0.15) is 0 Å². The Hall–Kier alpha value is -2.39. The molecule has 0 saturated carbocycles. The summed E-state index contributed by atoms with van der Waals surface area (Å²) < 4.78 is 0.260. The number of thioether (sulfide) groups is 1. The van der Waals surface area contributed by atoms with E-state index in [1.54, 1.807) is 18.2 Å². The summed E-state index contributed by atoms with van der Waals surface area (Å²) in [6.45, 7) is 1.51. The van der Waals surface area contributed by atoms with Crippen molar-refractivity contribution in [2.24, 2.45) is 0 Å². The lowest BCUT2D eigenvalue weighted by Crippen LogP contribution is -2.47. The third-order valence-electron chi connectivity index (χ3n) is 3.42. The van der Waals surface area contributed by atoms with Crippen LogP contribution in [0.25, 0.3) is 6.08 Å². The number of aliphatic carboxylic acids is 1. The van der Waals surface area contributed by atoms with E-state index in [0.717, 1.165) is 17.3 Å². The molecular weight excluding hydrogens is 364 g/mol. The molecule has 0 radical (unpaired) electrons. The molecule has 1 aliphatic heterocycles. The molecule has 1 aliphatic rings. The quantitative estimate of drug-likeness (QED) is 0.508. The number of carboxylic acid groups (broad SMARTS) is 1. The van der Waals surface area contributed by atoms with Crippen molar-refractivity contribution in [3.05, 3.63) is 34.7 Å². The highest BCUT2D eigenvalue weighted by Gasteiger charge is 2.38.